The van der Waals surface area contributed by atoms with Crippen LogP contribution >= 0.6 is 0 Å². The lowest BCUT2D eigenvalue weighted by Gasteiger charge is -2.45. The average Bonchev–Trinajstić information content (AvgIpc) is 3.10. The Hall–Kier alpha value is -5.28. The molecule has 5 atom stereocenters. The Balaban J connectivity index is 1.54. The molecule has 0 radical (unpaired) electrons. The van der Waals surface area contributed by atoms with Gasteiger partial charge in [0.05, 0.1) is 28.4 Å². The maximum atomic E-state index is 13.6. The van der Waals surface area contributed by atoms with Crippen LogP contribution in [0.3, 0.4) is 0 Å². The molecular weight excluding hydrogens is 600 g/mol. The number of hydrogen-bond acceptors (Lipinski definition) is 9. The molecule has 9 nitrogen and oxygen atoms in total. The van der Waals surface area contributed by atoms with Crippen molar-refractivity contribution in [3.05, 3.63) is 144 Å². The molecule has 5 rings (SSSR count). The van der Waals surface area contributed by atoms with Crippen LogP contribution in [0.5, 0.6) is 0 Å². The number of benzene rings is 4. The minimum absolute atomic E-state index is 0.0549. The van der Waals surface area contributed by atoms with Crippen molar-refractivity contribution >= 4 is 23.9 Å². The second-order valence-electron chi connectivity index (χ2n) is 11.5. The molecule has 0 aromatic heterocycles. The molecule has 0 saturated carbocycles. The molecule has 4 aromatic rings. The van der Waals surface area contributed by atoms with Crippen molar-refractivity contribution in [3.63, 3.8) is 0 Å². The van der Waals surface area contributed by atoms with Gasteiger partial charge in [0.1, 0.15) is 12.7 Å². The minimum atomic E-state index is -1.34. The lowest BCUT2D eigenvalue weighted by Crippen LogP contribution is -2.62. The highest BCUT2D eigenvalue weighted by molar-refractivity contribution is 5.91. The summed E-state index contributed by atoms with van der Waals surface area (Å²) in [6, 6.07) is 33.4. The lowest BCUT2D eigenvalue weighted by atomic mass is 9.89. The lowest BCUT2D eigenvalue weighted by molar-refractivity contribution is -0.231. The summed E-state index contributed by atoms with van der Waals surface area (Å²) in [6.45, 7) is 3.60. The van der Waals surface area contributed by atoms with Crippen molar-refractivity contribution in [1.82, 2.24) is 0 Å². The van der Waals surface area contributed by atoms with E-state index in [0.717, 1.165) is 0 Å². The first-order chi connectivity index (χ1) is 22.8. The summed E-state index contributed by atoms with van der Waals surface area (Å²) in [5.41, 5.74) is 1.08. The summed E-state index contributed by atoms with van der Waals surface area (Å²) in [7, 11) is 0. The van der Waals surface area contributed by atoms with E-state index in [1.165, 1.54) is 0 Å². The standard InChI is InChI=1S/C38H36O9/c1-25(2)23-30-32(45-36(40)27-17-9-4-10-18-27)34(47-38(42)29-21-13-6-14-22-29)33(46-37(41)28-19-11-5-12-20-28)31(44-30)24-43-35(39)26-15-7-3-8-16-26/h3-22,25,30-34H,23-24H2,1-2H3/t30-,31-,32+,33-,34-/m1/s1. The Bertz CT molecular complexity index is 1630. The van der Waals surface area contributed by atoms with Gasteiger partial charge in [0.2, 0.25) is 0 Å². The highest BCUT2D eigenvalue weighted by Crippen LogP contribution is 2.33. The summed E-state index contributed by atoms with van der Waals surface area (Å²) >= 11 is 0. The Kier molecular flexibility index (Phi) is 11.1. The van der Waals surface area contributed by atoms with E-state index in [1.807, 2.05) is 13.8 Å². The van der Waals surface area contributed by atoms with Gasteiger partial charge in [-0.15, -0.1) is 0 Å². The number of hydrogen-bond donors (Lipinski definition) is 0. The maximum absolute atomic E-state index is 13.6. The fourth-order valence-corrected chi connectivity index (χ4v) is 5.31. The second-order valence-corrected chi connectivity index (χ2v) is 11.5. The van der Waals surface area contributed by atoms with Crippen molar-refractivity contribution in [2.45, 2.75) is 50.8 Å². The second kappa shape index (κ2) is 15.8. The molecule has 0 spiro atoms. The number of esters is 4. The van der Waals surface area contributed by atoms with E-state index in [4.69, 9.17) is 23.7 Å². The molecule has 0 bridgehead atoms. The highest BCUT2D eigenvalue weighted by Gasteiger charge is 2.53. The van der Waals surface area contributed by atoms with Gasteiger partial charge in [-0.3, -0.25) is 0 Å². The molecule has 0 N–H and O–H groups in total. The largest absolute Gasteiger partial charge is 0.459 e. The van der Waals surface area contributed by atoms with Crippen LogP contribution < -0.4 is 0 Å². The number of ether oxygens (including phenoxy) is 5. The van der Waals surface area contributed by atoms with Gasteiger partial charge in [-0.1, -0.05) is 86.6 Å². The van der Waals surface area contributed by atoms with Crippen molar-refractivity contribution in [2.75, 3.05) is 6.61 Å². The molecular formula is C38H36O9. The van der Waals surface area contributed by atoms with Crippen molar-refractivity contribution < 1.29 is 42.9 Å². The van der Waals surface area contributed by atoms with Crippen molar-refractivity contribution in [2.24, 2.45) is 5.92 Å². The zero-order valence-electron chi connectivity index (χ0n) is 26.1. The van der Waals surface area contributed by atoms with Crippen molar-refractivity contribution in [3.8, 4) is 0 Å². The zero-order valence-corrected chi connectivity index (χ0v) is 26.1. The smallest absolute Gasteiger partial charge is 0.338 e. The summed E-state index contributed by atoms with van der Waals surface area (Å²) < 4.78 is 30.3. The Labute approximate surface area is 273 Å². The Morgan fingerprint density at radius 3 is 1.23 bits per heavy atom. The first kappa shape index (κ1) is 33.1. The molecule has 47 heavy (non-hydrogen) atoms. The quantitative estimate of drug-likeness (QED) is 0.138. The van der Waals surface area contributed by atoms with Gasteiger partial charge < -0.3 is 23.7 Å². The van der Waals surface area contributed by atoms with Crippen LogP contribution in [-0.4, -0.2) is 61.0 Å². The molecule has 0 aliphatic carbocycles. The molecule has 0 unspecified atom stereocenters. The normalized spacial score (nSPS) is 20.5. The van der Waals surface area contributed by atoms with Crippen LogP contribution in [0, 0.1) is 5.92 Å². The topological polar surface area (TPSA) is 114 Å². The number of rotatable bonds is 11. The third-order valence-electron chi connectivity index (χ3n) is 7.58. The third kappa shape index (κ3) is 8.71. The maximum Gasteiger partial charge on any atom is 0.338 e. The van der Waals surface area contributed by atoms with E-state index in [2.05, 4.69) is 0 Å². The van der Waals surface area contributed by atoms with Gasteiger partial charge in [-0.25, -0.2) is 19.2 Å². The van der Waals surface area contributed by atoms with Crippen LogP contribution in [0.4, 0.5) is 0 Å². The zero-order chi connectivity index (χ0) is 33.2. The number of carbonyl (C=O) groups is 4. The van der Waals surface area contributed by atoms with E-state index in [9.17, 15) is 19.2 Å². The molecule has 242 valence electrons. The van der Waals surface area contributed by atoms with Crippen molar-refractivity contribution in [1.29, 1.82) is 0 Å². The van der Waals surface area contributed by atoms with Gasteiger partial charge >= 0.3 is 23.9 Å². The Morgan fingerprint density at radius 2 is 0.851 bits per heavy atom. The van der Waals surface area contributed by atoms with Gasteiger partial charge in [0.25, 0.3) is 0 Å². The molecule has 1 aliphatic heterocycles. The molecule has 1 heterocycles. The van der Waals surface area contributed by atoms with Gasteiger partial charge in [0.15, 0.2) is 18.3 Å². The molecule has 4 aromatic carbocycles. The molecule has 9 heteroatoms. The fraction of sp³-hybridized carbons (Fsp3) is 0.263. The van der Waals surface area contributed by atoms with Crippen LogP contribution in [0.15, 0.2) is 121 Å². The van der Waals surface area contributed by atoms with Crippen LogP contribution in [0.2, 0.25) is 0 Å². The van der Waals surface area contributed by atoms with Crippen LogP contribution in [-0.2, 0) is 23.7 Å². The number of carbonyl (C=O) groups excluding carboxylic acids is 4. The van der Waals surface area contributed by atoms with E-state index >= 15 is 0 Å². The van der Waals surface area contributed by atoms with E-state index < -0.39 is 54.4 Å². The monoisotopic (exact) mass is 636 g/mol. The fourth-order valence-electron chi connectivity index (χ4n) is 5.31. The van der Waals surface area contributed by atoms with Crippen LogP contribution in [0.25, 0.3) is 0 Å². The Morgan fingerprint density at radius 1 is 0.511 bits per heavy atom. The first-order valence-electron chi connectivity index (χ1n) is 15.5. The van der Waals surface area contributed by atoms with E-state index in [0.29, 0.717) is 12.0 Å². The van der Waals surface area contributed by atoms with E-state index in [1.54, 1.807) is 121 Å². The summed E-state index contributed by atoms with van der Waals surface area (Å²) in [5, 5.41) is 0. The first-order valence-corrected chi connectivity index (χ1v) is 15.5. The SMILES string of the molecule is CC(C)C[C@H]1O[C@H](COC(=O)c2ccccc2)[C@@H](OC(=O)c2ccccc2)[C@H](OC(=O)c2ccccc2)[C@H]1OC(=O)c1ccccc1. The molecule has 0 amide bonds. The van der Waals surface area contributed by atoms with Gasteiger partial charge in [0, 0.05) is 0 Å². The molecule has 1 aliphatic rings. The third-order valence-corrected chi connectivity index (χ3v) is 7.58. The summed E-state index contributed by atoms with van der Waals surface area (Å²) in [6.07, 6.45) is -5.37. The summed E-state index contributed by atoms with van der Waals surface area (Å²) in [4.78, 5) is 53.5. The molecule has 1 saturated heterocycles. The van der Waals surface area contributed by atoms with Crippen LogP contribution in [0.1, 0.15) is 61.7 Å². The summed E-state index contributed by atoms with van der Waals surface area (Å²) in [5.74, 6) is -2.68. The van der Waals surface area contributed by atoms with E-state index in [-0.39, 0.29) is 29.2 Å². The van der Waals surface area contributed by atoms with Gasteiger partial charge in [-0.05, 0) is 60.9 Å². The molecule has 1 fully saturated rings. The predicted octanol–water partition coefficient (Wildman–Crippen LogP) is 6.33. The van der Waals surface area contributed by atoms with Gasteiger partial charge in [-0.2, -0.15) is 0 Å². The average molecular weight is 637 g/mol. The predicted molar refractivity (Wildman–Crippen MR) is 172 cm³/mol. The highest BCUT2D eigenvalue weighted by atomic mass is 16.7. The minimum Gasteiger partial charge on any atom is -0.459 e.